The largest absolute Gasteiger partial charge is 0.494 e. The maximum Gasteiger partial charge on any atom is 0.306 e. The van der Waals surface area contributed by atoms with Gasteiger partial charge in [0.2, 0.25) is 0 Å². The number of rotatable bonds is 11. The second kappa shape index (κ2) is 12.4. The van der Waals surface area contributed by atoms with Gasteiger partial charge in [-0.25, -0.2) is 0 Å². The number of carbonyl (C=O) groups is 1. The molecular weight excluding hydrogens is 480 g/mol. The maximum atomic E-state index is 11.4. The zero-order valence-electron chi connectivity index (χ0n) is 22.6. The molecule has 1 saturated carbocycles. The first-order valence-corrected chi connectivity index (χ1v) is 13.5. The lowest BCUT2D eigenvalue weighted by atomic mass is 9.81. The van der Waals surface area contributed by atoms with E-state index < -0.39 is 5.97 Å². The normalized spacial score (nSPS) is 18.4. The fourth-order valence-corrected chi connectivity index (χ4v) is 5.47. The molecule has 0 amide bonds. The first-order chi connectivity index (χ1) is 18.2. The summed E-state index contributed by atoms with van der Waals surface area (Å²) in [4.78, 5) is 13.9. The summed E-state index contributed by atoms with van der Waals surface area (Å²) in [6, 6.07) is 18.1. The molecule has 0 spiro atoms. The molecule has 0 aliphatic heterocycles. The maximum absolute atomic E-state index is 11.4. The Hall–Kier alpha value is -3.45. The van der Waals surface area contributed by atoms with E-state index in [-0.39, 0.29) is 23.7 Å². The van der Waals surface area contributed by atoms with E-state index in [4.69, 9.17) is 4.74 Å². The minimum Gasteiger partial charge on any atom is -0.494 e. The second-order valence-electron chi connectivity index (χ2n) is 10.7. The van der Waals surface area contributed by atoms with Crippen molar-refractivity contribution in [3.63, 3.8) is 0 Å². The van der Waals surface area contributed by atoms with Crippen molar-refractivity contribution in [1.82, 2.24) is 9.47 Å². The average Bonchev–Trinajstić information content (AvgIpc) is 3.22. The molecule has 38 heavy (non-hydrogen) atoms. The summed E-state index contributed by atoms with van der Waals surface area (Å²) in [7, 11) is 0. The quantitative estimate of drug-likeness (QED) is 0.285. The molecular formula is C31H40N2O5. The number of aryl methyl sites for hydroxylation is 2. The zero-order valence-corrected chi connectivity index (χ0v) is 22.6. The first kappa shape index (κ1) is 27.6. The molecule has 1 aliphatic carbocycles. The molecule has 2 aromatic carbocycles. The van der Waals surface area contributed by atoms with Gasteiger partial charge in [0.15, 0.2) is 11.8 Å². The van der Waals surface area contributed by atoms with E-state index in [0.29, 0.717) is 19.1 Å². The molecule has 7 nitrogen and oxygen atoms in total. The number of hydrogen-bond acceptors (Lipinski definition) is 5. The fourth-order valence-electron chi connectivity index (χ4n) is 5.47. The van der Waals surface area contributed by atoms with Crippen molar-refractivity contribution in [3.05, 3.63) is 76.9 Å². The van der Waals surface area contributed by atoms with Crippen LogP contribution < -0.4 is 4.74 Å². The van der Waals surface area contributed by atoms with Crippen molar-refractivity contribution < 1.29 is 24.9 Å². The Morgan fingerprint density at radius 1 is 1.00 bits per heavy atom. The summed E-state index contributed by atoms with van der Waals surface area (Å²) in [5, 5.41) is 29.0. The van der Waals surface area contributed by atoms with Gasteiger partial charge < -0.3 is 20.1 Å². The number of nitrogens with zero attached hydrogens (tertiary/aromatic N) is 2. The highest BCUT2D eigenvalue weighted by atomic mass is 16.5. The van der Waals surface area contributed by atoms with E-state index in [2.05, 4.69) is 55.1 Å². The van der Waals surface area contributed by atoms with Crippen LogP contribution in [0.4, 0.5) is 0 Å². The Labute approximate surface area is 225 Å². The van der Waals surface area contributed by atoms with Gasteiger partial charge in [-0.15, -0.1) is 0 Å². The molecule has 1 fully saturated rings. The highest BCUT2D eigenvalue weighted by Gasteiger charge is 2.28. The number of carboxylic acid groups (broad SMARTS) is 1. The number of hydrogen-bond donors (Lipinski definition) is 3. The number of aromatic nitrogens is 1. The number of ether oxygens (including phenoxy) is 1. The second-order valence-corrected chi connectivity index (χ2v) is 10.7. The lowest BCUT2D eigenvalue weighted by Gasteiger charge is -2.35. The zero-order chi connectivity index (χ0) is 27.2. The minimum absolute atomic E-state index is 0.0115. The van der Waals surface area contributed by atoms with Crippen LogP contribution in [-0.4, -0.2) is 43.9 Å². The van der Waals surface area contributed by atoms with Crippen molar-refractivity contribution in [3.8, 4) is 17.5 Å². The molecule has 1 heterocycles. The van der Waals surface area contributed by atoms with Gasteiger partial charge in [-0.1, -0.05) is 42.0 Å². The minimum atomic E-state index is -0.659. The topological polar surface area (TPSA) is 95.2 Å². The van der Waals surface area contributed by atoms with Crippen molar-refractivity contribution in [1.29, 1.82) is 0 Å². The average molecular weight is 521 g/mol. The highest BCUT2D eigenvalue weighted by molar-refractivity contribution is 5.70. The Morgan fingerprint density at radius 2 is 1.66 bits per heavy atom. The van der Waals surface area contributed by atoms with Gasteiger partial charge in [-0.3, -0.25) is 14.3 Å². The van der Waals surface area contributed by atoms with Crippen molar-refractivity contribution in [2.24, 2.45) is 11.8 Å². The van der Waals surface area contributed by atoms with Gasteiger partial charge >= 0.3 is 5.97 Å². The summed E-state index contributed by atoms with van der Waals surface area (Å²) >= 11 is 0. The number of aromatic hydroxyl groups is 2. The van der Waals surface area contributed by atoms with Gasteiger partial charge in [-0.2, -0.15) is 0 Å². The Balaban J connectivity index is 1.43. The number of aliphatic carboxylic acids is 1. The molecule has 3 N–H and O–H groups in total. The summed E-state index contributed by atoms with van der Waals surface area (Å²) in [5.41, 5.74) is 4.76. The van der Waals surface area contributed by atoms with Crippen LogP contribution in [0.5, 0.6) is 17.5 Å². The van der Waals surface area contributed by atoms with Crippen LogP contribution in [0.3, 0.4) is 0 Å². The number of carboxylic acids is 1. The summed E-state index contributed by atoms with van der Waals surface area (Å²) < 4.78 is 7.36. The Bertz CT molecular complexity index is 1190. The summed E-state index contributed by atoms with van der Waals surface area (Å²) in [6.07, 6.45) is 3.42. The molecule has 1 aromatic heterocycles. The van der Waals surface area contributed by atoms with E-state index in [1.165, 1.54) is 33.4 Å². The van der Waals surface area contributed by atoms with Crippen LogP contribution in [0, 0.1) is 25.7 Å². The lowest BCUT2D eigenvalue weighted by molar-refractivity contribution is -0.143. The molecule has 1 unspecified atom stereocenters. The van der Waals surface area contributed by atoms with Crippen LogP contribution in [-0.2, 0) is 17.9 Å². The van der Waals surface area contributed by atoms with Crippen LogP contribution >= 0.6 is 0 Å². The molecule has 0 bridgehead atoms. The van der Waals surface area contributed by atoms with Crippen molar-refractivity contribution >= 4 is 5.97 Å². The molecule has 1 aliphatic rings. The fraction of sp³-hybridized carbons (Fsp3) is 0.452. The van der Waals surface area contributed by atoms with Crippen molar-refractivity contribution in [2.45, 2.75) is 65.6 Å². The van der Waals surface area contributed by atoms with Gasteiger partial charge in [0.05, 0.1) is 12.5 Å². The molecule has 7 heteroatoms. The third kappa shape index (κ3) is 6.90. The third-order valence-electron chi connectivity index (χ3n) is 7.93. The van der Waals surface area contributed by atoms with E-state index >= 15 is 0 Å². The van der Waals surface area contributed by atoms with E-state index in [1.807, 2.05) is 13.0 Å². The van der Waals surface area contributed by atoms with Crippen LogP contribution in [0.25, 0.3) is 0 Å². The Kier molecular flexibility index (Phi) is 9.00. The van der Waals surface area contributed by atoms with Crippen LogP contribution in [0.1, 0.15) is 60.9 Å². The van der Waals surface area contributed by atoms with Gasteiger partial charge in [0, 0.05) is 31.3 Å². The van der Waals surface area contributed by atoms with E-state index in [0.717, 1.165) is 50.1 Å². The predicted octanol–water partition coefficient (Wildman–Crippen LogP) is 6.05. The molecule has 1 atom stereocenters. The SMILES string of the molecule is Cc1ccc(C(C)N(Cc2ccc(OCCn3c(O)ccc3O)c(C)c2)CC2CCC(C(=O)O)CC2)cc1. The first-order valence-electron chi connectivity index (χ1n) is 13.5. The van der Waals surface area contributed by atoms with E-state index in [9.17, 15) is 20.1 Å². The standard InChI is InChI=1S/C31H40N2O5/c1-21-4-9-26(10-5-21)23(3)32(19-24-6-11-27(12-7-24)31(36)37)20-25-8-13-28(22(2)18-25)38-17-16-33-29(34)14-15-30(33)35/h4-5,8-10,13-15,18,23-24,27,34-35H,6-7,11-12,16-17,19-20H2,1-3H3,(H,36,37). The molecule has 3 aromatic rings. The number of benzene rings is 2. The molecule has 204 valence electrons. The highest BCUT2D eigenvalue weighted by Crippen LogP contribution is 2.33. The molecule has 0 radical (unpaired) electrons. The summed E-state index contributed by atoms with van der Waals surface area (Å²) in [5.74, 6) is 0.437. The van der Waals surface area contributed by atoms with Crippen molar-refractivity contribution in [2.75, 3.05) is 13.2 Å². The monoisotopic (exact) mass is 520 g/mol. The van der Waals surface area contributed by atoms with Crippen LogP contribution in [0.15, 0.2) is 54.6 Å². The lowest BCUT2D eigenvalue weighted by Crippen LogP contribution is -2.34. The van der Waals surface area contributed by atoms with E-state index in [1.54, 1.807) is 0 Å². The molecule has 4 rings (SSSR count). The van der Waals surface area contributed by atoms with Crippen LogP contribution in [0.2, 0.25) is 0 Å². The summed E-state index contributed by atoms with van der Waals surface area (Å²) in [6.45, 7) is 8.78. The predicted molar refractivity (Wildman–Crippen MR) is 148 cm³/mol. The van der Waals surface area contributed by atoms with Gasteiger partial charge in [0.25, 0.3) is 0 Å². The van der Waals surface area contributed by atoms with Gasteiger partial charge in [-0.05, 0) is 75.1 Å². The molecule has 0 saturated heterocycles. The smallest absolute Gasteiger partial charge is 0.306 e. The Morgan fingerprint density at radius 3 is 2.26 bits per heavy atom. The van der Waals surface area contributed by atoms with Gasteiger partial charge in [0.1, 0.15) is 12.4 Å². The third-order valence-corrected chi connectivity index (χ3v) is 7.93.